The van der Waals surface area contributed by atoms with Crippen molar-refractivity contribution in [2.45, 2.75) is 6.92 Å². The Morgan fingerprint density at radius 1 is 1.24 bits per heavy atom. The van der Waals surface area contributed by atoms with Crippen LogP contribution in [0.2, 0.25) is 0 Å². The summed E-state index contributed by atoms with van der Waals surface area (Å²) in [4.78, 5) is 12.0. The SMILES string of the molecule is Cc1cc(Br)cc(C(=O)NCCOc2ccc(N)cc2)c1. The highest BCUT2D eigenvalue weighted by atomic mass is 79.9. The number of hydrogen-bond donors (Lipinski definition) is 2. The molecule has 110 valence electrons. The van der Waals surface area contributed by atoms with E-state index < -0.39 is 0 Å². The molecule has 0 aliphatic heterocycles. The summed E-state index contributed by atoms with van der Waals surface area (Å²) in [7, 11) is 0. The molecule has 2 rings (SSSR count). The van der Waals surface area contributed by atoms with Gasteiger partial charge >= 0.3 is 0 Å². The molecule has 1 amide bonds. The number of carbonyl (C=O) groups is 1. The van der Waals surface area contributed by atoms with E-state index in [1.165, 1.54) is 0 Å². The Bertz CT molecular complexity index is 606. The smallest absolute Gasteiger partial charge is 0.251 e. The maximum Gasteiger partial charge on any atom is 0.251 e. The fourth-order valence-corrected chi connectivity index (χ4v) is 2.47. The number of ether oxygens (including phenoxy) is 1. The van der Waals surface area contributed by atoms with Crippen LogP contribution < -0.4 is 15.8 Å². The van der Waals surface area contributed by atoms with Gasteiger partial charge in [-0.25, -0.2) is 0 Å². The molecule has 5 heteroatoms. The molecular weight excluding hydrogens is 332 g/mol. The van der Waals surface area contributed by atoms with Gasteiger partial charge in [0.2, 0.25) is 0 Å². The molecule has 0 unspecified atom stereocenters. The number of amides is 1. The Kier molecular flexibility index (Phi) is 5.22. The number of benzene rings is 2. The van der Waals surface area contributed by atoms with Crippen LogP contribution >= 0.6 is 15.9 Å². The average molecular weight is 349 g/mol. The molecule has 0 aliphatic rings. The lowest BCUT2D eigenvalue weighted by Crippen LogP contribution is -2.28. The largest absolute Gasteiger partial charge is 0.492 e. The van der Waals surface area contributed by atoms with Crippen molar-refractivity contribution >= 4 is 27.5 Å². The normalized spacial score (nSPS) is 10.2. The van der Waals surface area contributed by atoms with Crippen LogP contribution in [-0.2, 0) is 0 Å². The van der Waals surface area contributed by atoms with Crippen LogP contribution in [0.15, 0.2) is 46.9 Å². The second-order valence-corrected chi connectivity index (χ2v) is 5.61. The lowest BCUT2D eigenvalue weighted by atomic mass is 10.1. The van der Waals surface area contributed by atoms with Gasteiger partial charge in [-0.1, -0.05) is 15.9 Å². The van der Waals surface area contributed by atoms with E-state index in [1.807, 2.05) is 19.1 Å². The van der Waals surface area contributed by atoms with E-state index in [-0.39, 0.29) is 5.91 Å². The Balaban J connectivity index is 1.80. The number of aryl methyl sites for hydroxylation is 1. The predicted octanol–water partition coefficient (Wildman–Crippen LogP) is 3.15. The zero-order chi connectivity index (χ0) is 15.2. The van der Waals surface area contributed by atoms with Crippen molar-refractivity contribution in [1.29, 1.82) is 0 Å². The first-order valence-corrected chi connectivity index (χ1v) is 7.37. The fourth-order valence-electron chi connectivity index (χ4n) is 1.87. The number of nitrogen functional groups attached to an aromatic ring is 1. The van der Waals surface area contributed by atoms with Gasteiger partial charge in [-0.05, 0) is 55.0 Å². The molecule has 0 radical (unpaired) electrons. The average Bonchev–Trinajstić information content (AvgIpc) is 2.44. The topological polar surface area (TPSA) is 64.3 Å². The third-order valence-electron chi connectivity index (χ3n) is 2.84. The molecule has 0 fully saturated rings. The van der Waals surface area contributed by atoms with E-state index in [0.29, 0.717) is 24.4 Å². The highest BCUT2D eigenvalue weighted by molar-refractivity contribution is 9.10. The summed E-state index contributed by atoms with van der Waals surface area (Å²) >= 11 is 3.38. The zero-order valence-electron chi connectivity index (χ0n) is 11.7. The van der Waals surface area contributed by atoms with Gasteiger partial charge in [0.1, 0.15) is 12.4 Å². The summed E-state index contributed by atoms with van der Waals surface area (Å²) in [6.07, 6.45) is 0. The second-order valence-electron chi connectivity index (χ2n) is 4.69. The zero-order valence-corrected chi connectivity index (χ0v) is 13.3. The standard InChI is InChI=1S/C16H17BrN2O2/c1-11-8-12(10-13(17)9-11)16(20)19-6-7-21-15-4-2-14(18)3-5-15/h2-5,8-10H,6-7,18H2,1H3,(H,19,20). The van der Waals surface area contributed by atoms with Crippen LogP contribution in [0.5, 0.6) is 5.75 Å². The van der Waals surface area contributed by atoms with Gasteiger partial charge in [-0.2, -0.15) is 0 Å². The van der Waals surface area contributed by atoms with Crippen molar-refractivity contribution in [2.75, 3.05) is 18.9 Å². The van der Waals surface area contributed by atoms with E-state index >= 15 is 0 Å². The van der Waals surface area contributed by atoms with Crippen molar-refractivity contribution < 1.29 is 9.53 Å². The van der Waals surface area contributed by atoms with Gasteiger partial charge in [0.15, 0.2) is 0 Å². The molecule has 3 N–H and O–H groups in total. The molecular formula is C16H17BrN2O2. The lowest BCUT2D eigenvalue weighted by molar-refractivity contribution is 0.0947. The summed E-state index contributed by atoms with van der Waals surface area (Å²) in [5, 5.41) is 2.83. The number of nitrogens with two attached hydrogens (primary N) is 1. The minimum atomic E-state index is -0.111. The molecule has 0 bridgehead atoms. The van der Waals surface area contributed by atoms with Crippen molar-refractivity contribution in [3.8, 4) is 5.75 Å². The van der Waals surface area contributed by atoms with Crippen molar-refractivity contribution in [2.24, 2.45) is 0 Å². The first kappa shape index (κ1) is 15.4. The molecule has 0 heterocycles. The molecule has 2 aromatic rings. The first-order chi connectivity index (χ1) is 10.0. The summed E-state index contributed by atoms with van der Waals surface area (Å²) in [6.45, 7) is 2.79. The summed E-state index contributed by atoms with van der Waals surface area (Å²) in [6, 6.07) is 12.8. The van der Waals surface area contributed by atoms with E-state index in [4.69, 9.17) is 10.5 Å². The summed E-state index contributed by atoms with van der Waals surface area (Å²) in [5.74, 6) is 0.622. The van der Waals surface area contributed by atoms with Crippen LogP contribution in [0, 0.1) is 6.92 Å². The maximum absolute atomic E-state index is 12.0. The minimum absolute atomic E-state index is 0.111. The molecule has 21 heavy (non-hydrogen) atoms. The highest BCUT2D eigenvalue weighted by Crippen LogP contribution is 2.15. The molecule has 0 atom stereocenters. The van der Waals surface area contributed by atoms with Gasteiger partial charge in [0.05, 0.1) is 6.54 Å². The molecule has 0 aliphatic carbocycles. The van der Waals surface area contributed by atoms with E-state index in [2.05, 4.69) is 21.2 Å². The van der Waals surface area contributed by atoms with E-state index in [0.717, 1.165) is 15.8 Å². The maximum atomic E-state index is 12.0. The van der Waals surface area contributed by atoms with Crippen molar-refractivity contribution in [3.05, 3.63) is 58.1 Å². The van der Waals surface area contributed by atoms with E-state index in [9.17, 15) is 4.79 Å². The predicted molar refractivity (Wildman–Crippen MR) is 87.6 cm³/mol. The minimum Gasteiger partial charge on any atom is -0.492 e. The third-order valence-corrected chi connectivity index (χ3v) is 3.30. The lowest BCUT2D eigenvalue weighted by Gasteiger charge is -2.09. The Hall–Kier alpha value is -2.01. The van der Waals surface area contributed by atoms with Crippen LogP contribution in [-0.4, -0.2) is 19.1 Å². The van der Waals surface area contributed by atoms with Crippen molar-refractivity contribution in [1.82, 2.24) is 5.32 Å². The second kappa shape index (κ2) is 7.13. The first-order valence-electron chi connectivity index (χ1n) is 6.58. The molecule has 2 aromatic carbocycles. The van der Waals surface area contributed by atoms with E-state index in [1.54, 1.807) is 30.3 Å². The van der Waals surface area contributed by atoms with Crippen LogP contribution in [0.3, 0.4) is 0 Å². The molecule has 0 spiro atoms. The number of rotatable bonds is 5. The van der Waals surface area contributed by atoms with Crippen LogP contribution in [0.25, 0.3) is 0 Å². The fraction of sp³-hybridized carbons (Fsp3) is 0.188. The molecule has 0 saturated heterocycles. The molecule has 0 saturated carbocycles. The number of nitrogens with one attached hydrogen (secondary N) is 1. The quantitative estimate of drug-likeness (QED) is 0.644. The molecule has 0 aromatic heterocycles. The monoisotopic (exact) mass is 348 g/mol. The summed E-state index contributed by atoms with van der Waals surface area (Å²) in [5.41, 5.74) is 7.96. The summed E-state index contributed by atoms with van der Waals surface area (Å²) < 4.78 is 6.41. The number of halogens is 1. The number of anilines is 1. The van der Waals surface area contributed by atoms with Gasteiger partial charge in [0, 0.05) is 15.7 Å². The van der Waals surface area contributed by atoms with Gasteiger partial charge < -0.3 is 15.8 Å². The van der Waals surface area contributed by atoms with Crippen molar-refractivity contribution in [3.63, 3.8) is 0 Å². The highest BCUT2D eigenvalue weighted by Gasteiger charge is 2.06. The number of carbonyl (C=O) groups excluding carboxylic acids is 1. The Morgan fingerprint density at radius 3 is 2.62 bits per heavy atom. The van der Waals surface area contributed by atoms with Gasteiger partial charge in [-0.15, -0.1) is 0 Å². The van der Waals surface area contributed by atoms with Crippen LogP contribution in [0.1, 0.15) is 15.9 Å². The number of hydrogen-bond acceptors (Lipinski definition) is 3. The third kappa shape index (κ3) is 4.79. The van der Waals surface area contributed by atoms with Gasteiger partial charge in [0.25, 0.3) is 5.91 Å². The molecule has 4 nitrogen and oxygen atoms in total. The van der Waals surface area contributed by atoms with Gasteiger partial charge in [-0.3, -0.25) is 4.79 Å². The Morgan fingerprint density at radius 2 is 1.95 bits per heavy atom. The Labute approximate surface area is 132 Å². The van der Waals surface area contributed by atoms with Crippen LogP contribution in [0.4, 0.5) is 5.69 Å².